The van der Waals surface area contributed by atoms with Crippen molar-refractivity contribution in [2.24, 2.45) is 17.8 Å². The molecule has 1 saturated carbocycles. The van der Waals surface area contributed by atoms with E-state index in [2.05, 4.69) is 22.0 Å². The Kier molecular flexibility index (Phi) is 3.40. The zero-order valence-electron chi connectivity index (χ0n) is 12.1. The van der Waals surface area contributed by atoms with Gasteiger partial charge in [-0.15, -0.1) is 0 Å². The molecule has 2 heteroatoms. The fourth-order valence-electron chi connectivity index (χ4n) is 5.01. The van der Waals surface area contributed by atoms with Gasteiger partial charge >= 0.3 is 0 Å². The lowest BCUT2D eigenvalue weighted by molar-refractivity contribution is 0.111. The summed E-state index contributed by atoms with van der Waals surface area (Å²) < 4.78 is 0. The van der Waals surface area contributed by atoms with E-state index in [4.69, 9.17) is 0 Å². The molecule has 4 rings (SSSR count). The van der Waals surface area contributed by atoms with Crippen molar-refractivity contribution in [3.8, 4) is 0 Å². The molecule has 2 nitrogen and oxygen atoms in total. The topological polar surface area (TPSA) is 6.48 Å². The van der Waals surface area contributed by atoms with Gasteiger partial charge in [-0.05, 0) is 82.5 Å². The summed E-state index contributed by atoms with van der Waals surface area (Å²) in [5.74, 6) is 2.86. The van der Waals surface area contributed by atoms with Gasteiger partial charge in [0.25, 0.3) is 0 Å². The highest BCUT2D eigenvalue weighted by atomic mass is 15.2. The monoisotopic (exact) mass is 260 g/mol. The Morgan fingerprint density at radius 2 is 1.68 bits per heavy atom. The van der Waals surface area contributed by atoms with Crippen molar-refractivity contribution in [3.05, 3.63) is 12.2 Å². The predicted molar refractivity (Wildman–Crippen MR) is 79.1 cm³/mol. The summed E-state index contributed by atoms with van der Waals surface area (Å²) in [5.41, 5.74) is 0. The number of hydrogen-bond acceptors (Lipinski definition) is 2. The Bertz CT molecular complexity index is 337. The first kappa shape index (κ1) is 12.4. The Balaban J connectivity index is 1.25. The Morgan fingerprint density at radius 3 is 2.32 bits per heavy atom. The van der Waals surface area contributed by atoms with Crippen LogP contribution in [0.2, 0.25) is 0 Å². The van der Waals surface area contributed by atoms with Crippen LogP contribution in [0.1, 0.15) is 38.5 Å². The summed E-state index contributed by atoms with van der Waals surface area (Å²) in [6, 6.07) is 0.915. The lowest BCUT2D eigenvalue weighted by Crippen LogP contribution is -2.45. The minimum Gasteiger partial charge on any atom is -0.303 e. The molecule has 0 N–H and O–H groups in total. The molecule has 3 fully saturated rings. The number of allylic oxidation sites excluding steroid dienone is 2. The summed E-state index contributed by atoms with van der Waals surface area (Å²) >= 11 is 0. The normalized spacial score (nSPS) is 40.5. The number of fused-ring (bicyclic) bond motifs is 2. The van der Waals surface area contributed by atoms with Crippen LogP contribution in [0.5, 0.6) is 0 Å². The van der Waals surface area contributed by atoms with Gasteiger partial charge in [-0.3, -0.25) is 0 Å². The van der Waals surface area contributed by atoms with Crippen LogP contribution >= 0.6 is 0 Å². The second kappa shape index (κ2) is 5.21. The summed E-state index contributed by atoms with van der Waals surface area (Å²) in [6.07, 6.45) is 13.7. The van der Waals surface area contributed by atoms with Crippen LogP contribution in [0.15, 0.2) is 12.2 Å². The molecule has 2 aliphatic heterocycles. The quantitative estimate of drug-likeness (QED) is 0.720. The van der Waals surface area contributed by atoms with E-state index in [-0.39, 0.29) is 0 Å². The summed E-state index contributed by atoms with van der Waals surface area (Å²) in [5, 5.41) is 0. The number of likely N-dealkylation sites (tertiary alicyclic amines) is 2. The largest absolute Gasteiger partial charge is 0.303 e. The predicted octanol–water partition coefficient (Wildman–Crippen LogP) is 2.76. The van der Waals surface area contributed by atoms with E-state index in [1.54, 1.807) is 0 Å². The van der Waals surface area contributed by atoms with Crippen LogP contribution in [0.3, 0.4) is 0 Å². The third kappa shape index (κ3) is 2.50. The second-order valence-corrected chi connectivity index (χ2v) is 7.32. The third-order valence-electron chi connectivity index (χ3n) is 6.12. The van der Waals surface area contributed by atoms with Gasteiger partial charge in [0.05, 0.1) is 0 Å². The SMILES string of the molecule is C1=C[C@H]2C[C@@H]1C[C@@H]2CN1CCC(N2CCCC2)CC1. The highest BCUT2D eigenvalue weighted by Gasteiger charge is 2.37. The van der Waals surface area contributed by atoms with Gasteiger partial charge < -0.3 is 9.80 Å². The van der Waals surface area contributed by atoms with E-state index < -0.39 is 0 Å². The van der Waals surface area contributed by atoms with E-state index >= 15 is 0 Å². The smallest absolute Gasteiger partial charge is 0.0120 e. The minimum atomic E-state index is 0.915. The molecule has 0 aromatic heterocycles. The van der Waals surface area contributed by atoms with Gasteiger partial charge in [-0.2, -0.15) is 0 Å². The van der Waals surface area contributed by atoms with E-state index in [0.29, 0.717) is 0 Å². The minimum absolute atomic E-state index is 0.915. The molecule has 19 heavy (non-hydrogen) atoms. The van der Waals surface area contributed by atoms with Crippen LogP contribution in [0, 0.1) is 17.8 Å². The molecule has 2 bridgehead atoms. The molecule has 3 atom stereocenters. The maximum absolute atomic E-state index is 2.77. The first-order chi connectivity index (χ1) is 9.38. The van der Waals surface area contributed by atoms with Crippen LogP contribution in [0.25, 0.3) is 0 Å². The van der Waals surface area contributed by atoms with Crippen molar-refractivity contribution in [2.75, 3.05) is 32.7 Å². The molecule has 2 aliphatic carbocycles. The lowest BCUT2D eigenvalue weighted by Gasteiger charge is -2.38. The molecule has 0 unspecified atom stereocenters. The Labute approximate surface area is 117 Å². The van der Waals surface area contributed by atoms with E-state index in [1.807, 2.05) is 0 Å². The molecule has 2 heterocycles. The zero-order valence-corrected chi connectivity index (χ0v) is 12.1. The average Bonchev–Trinajstić information content (AvgIpc) is 3.17. The number of rotatable bonds is 3. The van der Waals surface area contributed by atoms with Crippen LogP contribution < -0.4 is 0 Å². The molecule has 106 valence electrons. The van der Waals surface area contributed by atoms with Crippen molar-refractivity contribution in [2.45, 2.75) is 44.6 Å². The zero-order chi connectivity index (χ0) is 12.7. The van der Waals surface area contributed by atoms with E-state index in [1.165, 1.54) is 71.2 Å². The highest BCUT2D eigenvalue weighted by molar-refractivity contribution is 5.10. The van der Waals surface area contributed by atoms with Crippen LogP contribution in [0.4, 0.5) is 0 Å². The first-order valence-corrected chi connectivity index (χ1v) is 8.53. The molecule has 0 spiro atoms. The molecular formula is C17H28N2. The average molecular weight is 260 g/mol. The van der Waals surface area contributed by atoms with Gasteiger partial charge in [0.1, 0.15) is 0 Å². The van der Waals surface area contributed by atoms with E-state index in [0.717, 1.165) is 23.8 Å². The highest BCUT2D eigenvalue weighted by Crippen LogP contribution is 2.43. The number of hydrogen-bond donors (Lipinski definition) is 0. The van der Waals surface area contributed by atoms with Gasteiger partial charge in [-0.1, -0.05) is 12.2 Å². The van der Waals surface area contributed by atoms with Crippen molar-refractivity contribution in [3.63, 3.8) is 0 Å². The second-order valence-electron chi connectivity index (χ2n) is 7.32. The maximum atomic E-state index is 2.77. The van der Waals surface area contributed by atoms with Gasteiger partial charge in [0, 0.05) is 12.6 Å². The number of piperidine rings is 1. The van der Waals surface area contributed by atoms with Gasteiger partial charge in [-0.25, -0.2) is 0 Å². The lowest BCUT2D eigenvalue weighted by atomic mass is 9.92. The third-order valence-corrected chi connectivity index (χ3v) is 6.12. The van der Waals surface area contributed by atoms with Gasteiger partial charge in [0.2, 0.25) is 0 Å². The first-order valence-electron chi connectivity index (χ1n) is 8.53. The fraction of sp³-hybridized carbons (Fsp3) is 0.882. The Morgan fingerprint density at radius 1 is 0.895 bits per heavy atom. The molecule has 0 amide bonds. The van der Waals surface area contributed by atoms with Crippen LogP contribution in [-0.2, 0) is 0 Å². The standard InChI is InChI=1S/C17H28N2/c1-2-8-19(7-1)17-5-9-18(10-6-17)13-16-12-14-3-4-15(16)11-14/h3-4,14-17H,1-2,5-13H2/t14-,15+,16-/m1/s1. The summed E-state index contributed by atoms with van der Waals surface area (Å²) in [6.45, 7) is 6.86. The molecule has 4 aliphatic rings. The van der Waals surface area contributed by atoms with Crippen molar-refractivity contribution in [1.82, 2.24) is 9.80 Å². The molecule has 0 aromatic rings. The molecule has 0 aromatic carbocycles. The number of nitrogens with zero attached hydrogens (tertiary/aromatic N) is 2. The van der Waals surface area contributed by atoms with Gasteiger partial charge in [0.15, 0.2) is 0 Å². The Hall–Kier alpha value is -0.340. The fourth-order valence-corrected chi connectivity index (χ4v) is 5.01. The summed E-state index contributed by atoms with van der Waals surface area (Å²) in [7, 11) is 0. The molecular weight excluding hydrogens is 232 g/mol. The molecule has 2 saturated heterocycles. The van der Waals surface area contributed by atoms with Crippen molar-refractivity contribution >= 4 is 0 Å². The molecule has 0 radical (unpaired) electrons. The van der Waals surface area contributed by atoms with E-state index in [9.17, 15) is 0 Å². The van der Waals surface area contributed by atoms with Crippen molar-refractivity contribution < 1.29 is 0 Å². The van der Waals surface area contributed by atoms with Crippen LogP contribution in [-0.4, -0.2) is 48.6 Å². The maximum Gasteiger partial charge on any atom is 0.0120 e. The van der Waals surface area contributed by atoms with Crippen molar-refractivity contribution in [1.29, 1.82) is 0 Å². The summed E-state index contributed by atoms with van der Waals surface area (Å²) in [4.78, 5) is 5.53.